The minimum Gasteiger partial charge on any atom is -0.508 e. The molecule has 4 nitrogen and oxygen atoms in total. The summed E-state index contributed by atoms with van der Waals surface area (Å²) < 4.78 is 0. The summed E-state index contributed by atoms with van der Waals surface area (Å²) in [6.07, 6.45) is 0. The van der Waals surface area contributed by atoms with E-state index in [1.807, 2.05) is 24.3 Å². The van der Waals surface area contributed by atoms with Crippen LogP contribution >= 0.6 is 11.6 Å². The van der Waals surface area contributed by atoms with Crippen molar-refractivity contribution in [2.75, 3.05) is 0 Å². The highest BCUT2D eigenvalue weighted by Gasteiger charge is 1.97. The molecule has 0 radical (unpaired) electrons. The maximum atomic E-state index is 9.11. The molecule has 0 aromatic heterocycles. The summed E-state index contributed by atoms with van der Waals surface area (Å²) in [6, 6.07) is 17.9. The summed E-state index contributed by atoms with van der Waals surface area (Å²) in [4.78, 5) is 0. The molecule has 0 aliphatic heterocycles. The molecular formula is C18H15ClO4. The molecular weight excluding hydrogens is 316 g/mol. The number of aromatic hydroxyl groups is 4. The monoisotopic (exact) mass is 330 g/mol. The van der Waals surface area contributed by atoms with E-state index in [-0.39, 0.29) is 28.0 Å². The van der Waals surface area contributed by atoms with Crippen LogP contribution in [0.1, 0.15) is 0 Å². The second-order valence-electron chi connectivity index (χ2n) is 4.73. The Hall–Kier alpha value is -2.85. The van der Waals surface area contributed by atoms with Crippen molar-refractivity contribution < 1.29 is 20.4 Å². The zero-order chi connectivity index (χ0) is 16.8. The predicted octanol–water partition coefficient (Wildman–Crippen LogP) is 4.52. The Bertz CT molecular complexity index is 725. The zero-order valence-corrected chi connectivity index (χ0v) is 12.8. The Balaban J connectivity index is 0.000000185. The first-order valence-corrected chi connectivity index (χ1v) is 7.09. The molecule has 0 amide bonds. The molecule has 5 heteroatoms. The highest BCUT2D eigenvalue weighted by molar-refractivity contribution is 6.32. The van der Waals surface area contributed by atoms with Gasteiger partial charge in [-0.2, -0.15) is 0 Å². The molecule has 0 aliphatic rings. The van der Waals surface area contributed by atoms with Crippen LogP contribution in [-0.4, -0.2) is 20.4 Å². The van der Waals surface area contributed by atoms with Gasteiger partial charge in [0.1, 0.15) is 23.0 Å². The van der Waals surface area contributed by atoms with Gasteiger partial charge in [-0.15, -0.1) is 0 Å². The quantitative estimate of drug-likeness (QED) is 0.495. The van der Waals surface area contributed by atoms with Gasteiger partial charge in [0.05, 0.1) is 5.02 Å². The summed E-state index contributed by atoms with van der Waals surface area (Å²) in [7, 11) is 0. The van der Waals surface area contributed by atoms with Crippen LogP contribution < -0.4 is 0 Å². The average Bonchev–Trinajstić information content (AvgIpc) is 2.54. The molecule has 0 bridgehead atoms. The summed E-state index contributed by atoms with van der Waals surface area (Å²) in [5, 5.41) is 35.9. The fourth-order valence-electron chi connectivity index (χ4n) is 1.80. The number of rotatable bonds is 1. The van der Waals surface area contributed by atoms with Crippen LogP contribution in [0.2, 0.25) is 5.02 Å². The van der Waals surface area contributed by atoms with Crippen molar-refractivity contribution in [3.8, 4) is 34.1 Å². The van der Waals surface area contributed by atoms with Crippen molar-refractivity contribution in [1.29, 1.82) is 0 Å². The van der Waals surface area contributed by atoms with Crippen LogP contribution in [0.5, 0.6) is 23.0 Å². The molecule has 0 atom stereocenters. The second kappa shape index (κ2) is 7.42. The van der Waals surface area contributed by atoms with Gasteiger partial charge in [0.15, 0.2) is 0 Å². The van der Waals surface area contributed by atoms with Crippen LogP contribution in [0, 0.1) is 0 Å². The van der Waals surface area contributed by atoms with Crippen LogP contribution in [0.25, 0.3) is 11.1 Å². The third-order valence-electron chi connectivity index (χ3n) is 3.00. The molecule has 0 saturated heterocycles. The van der Waals surface area contributed by atoms with Gasteiger partial charge in [0, 0.05) is 6.07 Å². The van der Waals surface area contributed by atoms with Crippen LogP contribution in [-0.2, 0) is 0 Å². The minimum absolute atomic E-state index is 0.0190. The Labute approximate surface area is 138 Å². The van der Waals surface area contributed by atoms with Gasteiger partial charge >= 0.3 is 0 Å². The maximum Gasteiger partial charge on any atom is 0.134 e. The molecule has 0 fully saturated rings. The molecule has 23 heavy (non-hydrogen) atoms. The van der Waals surface area contributed by atoms with E-state index < -0.39 is 0 Å². The fraction of sp³-hybridized carbons (Fsp3) is 0. The zero-order valence-electron chi connectivity index (χ0n) is 12.0. The maximum absolute atomic E-state index is 9.11. The van der Waals surface area contributed by atoms with E-state index in [2.05, 4.69) is 0 Å². The van der Waals surface area contributed by atoms with Gasteiger partial charge in [-0.3, -0.25) is 0 Å². The molecule has 0 unspecified atom stereocenters. The van der Waals surface area contributed by atoms with Gasteiger partial charge in [0.25, 0.3) is 0 Å². The van der Waals surface area contributed by atoms with Crippen molar-refractivity contribution >= 4 is 11.6 Å². The van der Waals surface area contributed by atoms with E-state index in [4.69, 9.17) is 32.0 Å². The first-order valence-electron chi connectivity index (χ1n) is 6.71. The summed E-state index contributed by atoms with van der Waals surface area (Å²) in [5.41, 5.74) is 2.03. The van der Waals surface area contributed by atoms with Crippen LogP contribution in [0.3, 0.4) is 0 Å². The summed E-state index contributed by atoms with van der Waals surface area (Å²) >= 11 is 5.40. The number of phenolic OH excluding ortho intramolecular Hbond substituents is 4. The average molecular weight is 331 g/mol. The number of hydrogen-bond donors (Lipinski definition) is 4. The number of hydrogen-bond acceptors (Lipinski definition) is 4. The second-order valence-corrected chi connectivity index (χ2v) is 5.14. The number of halogens is 1. The van der Waals surface area contributed by atoms with Gasteiger partial charge < -0.3 is 20.4 Å². The first kappa shape index (κ1) is 16.5. The van der Waals surface area contributed by atoms with Crippen molar-refractivity contribution in [2.24, 2.45) is 0 Å². The lowest BCUT2D eigenvalue weighted by Crippen LogP contribution is -1.75. The van der Waals surface area contributed by atoms with E-state index in [0.29, 0.717) is 0 Å². The van der Waals surface area contributed by atoms with Crippen LogP contribution in [0.15, 0.2) is 66.7 Å². The largest absolute Gasteiger partial charge is 0.508 e. The Morgan fingerprint density at radius 2 is 0.913 bits per heavy atom. The van der Waals surface area contributed by atoms with Crippen molar-refractivity contribution in [3.63, 3.8) is 0 Å². The summed E-state index contributed by atoms with van der Waals surface area (Å²) in [6.45, 7) is 0. The molecule has 4 N–H and O–H groups in total. The van der Waals surface area contributed by atoms with Crippen LogP contribution in [0.4, 0.5) is 0 Å². The molecule has 3 aromatic carbocycles. The van der Waals surface area contributed by atoms with E-state index >= 15 is 0 Å². The third kappa shape index (κ3) is 4.83. The van der Waals surface area contributed by atoms with Gasteiger partial charge in [-0.25, -0.2) is 0 Å². The van der Waals surface area contributed by atoms with E-state index in [0.717, 1.165) is 11.1 Å². The molecule has 0 heterocycles. The van der Waals surface area contributed by atoms with Gasteiger partial charge in [-0.1, -0.05) is 35.9 Å². The Kier molecular flexibility index (Phi) is 5.33. The fourth-order valence-corrected chi connectivity index (χ4v) is 1.98. The van der Waals surface area contributed by atoms with E-state index in [1.54, 1.807) is 24.3 Å². The molecule has 118 valence electrons. The van der Waals surface area contributed by atoms with Crippen molar-refractivity contribution in [1.82, 2.24) is 0 Å². The first-order chi connectivity index (χ1) is 11.0. The van der Waals surface area contributed by atoms with Crippen molar-refractivity contribution in [2.45, 2.75) is 0 Å². The predicted molar refractivity (Wildman–Crippen MR) is 90.0 cm³/mol. The Morgan fingerprint density at radius 1 is 0.522 bits per heavy atom. The molecule has 0 spiro atoms. The topological polar surface area (TPSA) is 80.9 Å². The molecule has 0 aliphatic carbocycles. The minimum atomic E-state index is -0.0190. The van der Waals surface area contributed by atoms with E-state index in [9.17, 15) is 0 Å². The molecule has 3 aromatic rings. The molecule has 0 saturated carbocycles. The Morgan fingerprint density at radius 3 is 1.26 bits per heavy atom. The van der Waals surface area contributed by atoms with Crippen molar-refractivity contribution in [3.05, 3.63) is 71.8 Å². The SMILES string of the molecule is Oc1ccc(-c2ccc(O)cc2)cc1.Oc1ccc(O)c(Cl)c1. The number of benzene rings is 3. The highest BCUT2D eigenvalue weighted by atomic mass is 35.5. The molecule has 3 rings (SSSR count). The van der Waals surface area contributed by atoms with E-state index in [1.165, 1.54) is 18.2 Å². The number of phenols is 4. The standard InChI is InChI=1S/C12H10O2.C6H5ClO2/c13-11-5-1-9(2-6-11)10-3-7-12(14)8-4-10;7-5-3-4(8)1-2-6(5)9/h1-8,13-14H;1-3,8-9H. The highest BCUT2D eigenvalue weighted by Crippen LogP contribution is 2.26. The lowest BCUT2D eigenvalue weighted by Gasteiger charge is -2.01. The van der Waals surface area contributed by atoms with Gasteiger partial charge in [0.2, 0.25) is 0 Å². The lowest BCUT2D eigenvalue weighted by atomic mass is 10.1. The third-order valence-corrected chi connectivity index (χ3v) is 3.30. The lowest BCUT2D eigenvalue weighted by molar-refractivity contribution is 0.460. The summed E-state index contributed by atoms with van der Waals surface area (Å²) in [5.74, 6) is 0.548. The normalized spacial score (nSPS) is 9.78. The smallest absolute Gasteiger partial charge is 0.134 e. The van der Waals surface area contributed by atoms with Gasteiger partial charge in [-0.05, 0) is 47.5 Å².